The van der Waals surface area contributed by atoms with Crippen LogP contribution in [-0.2, 0) is 0 Å². The van der Waals surface area contributed by atoms with Crippen LogP contribution in [0.5, 0.6) is 5.88 Å². The fraction of sp³-hybridized carbons (Fsp3) is 0.696. The molecule has 0 saturated heterocycles. The summed E-state index contributed by atoms with van der Waals surface area (Å²) in [5.74, 6) is 2.93. The van der Waals surface area contributed by atoms with Crippen molar-refractivity contribution in [3.05, 3.63) is 30.2 Å². The zero-order chi connectivity index (χ0) is 18.8. The molecule has 4 nitrogen and oxygen atoms in total. The van der Waals surface area contributed by atoms with Crippen molar-refractivity contribution in [3.8, 4) is 5.88 Å². The lowest BCUT2D eigenvalue weighted by molar-refractivity contribution is -0.0249. The quantitative estimate of drug-likeness (QED) is 0.772. The fourth-order valence-corrected chi connectivity index (χ4v) is 7.13. The van der Waals surface area contributed by atoms with Crippen molar-refractivity contribution in [2.45, 2.75) is 64.9 Å². The molecule has 146 valence electrons. The van der Waals surface area contributed by atoms with Gasteiger partial charge in [-0.15, -0.1) is 0 Å². The van der Waals surface area contributed by atoms with Crippen molar-refractivity contribution in [2.75, 3.05) is 7.11 Å². The molecule has 4 aliphatic rings. The van der Waals surface area contributed by atoms with Gasteiger partial charge in [-0.3, -0.25) is 0 Å². The maximum atomic E-state index is 10.2. The van der Waals surface area contributed by atoms with Crippen LogP contribution in [0.15, 0.2) is 30.2 Å². The van der Waals surface area contributed by atoms with Crippen molar-refractivity contribution in [2.24, 2.45) is 28.6 Å². The summed E-state index contributed by atoms with van der Waals surface area (Å²) in [5, 5.41) is 10.2. The molecule has 0 radical (unpaired) electrons. The third-order valence-electron chi connectivity index (χ3n) is 8.66. The van der Waals surface area contributed by atoms with E-state index < -0.39 is 0 Å². The standard InChI is InChI=1S/C23H32N2O2/c1-22-10-8-16(26)12-15(22)4-5-17-18-6-7-20(23(18,2)11-9-19(17)22)25-13-21(27-3)24-14-25/h4,7,13-14,16-19,26H,5-6,8-12H2,1-3H3/t16-,17?,18?,19?,22-,23-/m0/s1. The summed E-state index contributed by atoms with van der Waals surface area (Å²) >= 11 is 0. The molecule has 0 aromatic carbocycles. The number of ether oxygens (including phenoxy) is 1. The molecule has 0 spiro atoms. The molecule has 0 bridgehead atoms. The van der Waals surface area contributed by atoms with E-state index in [0.29, 0.717) is 17.2 Å². The van der Waals surface area contributed by atoms with Crippen LogP contribution in [0.4, 0.5) is 0 Å². The van der Waals surface area contributed by atoms with Gasteiger partial charge in [0.25, 0.3) is 0 Å². The summed E-state index contributed by atoms with van der Waals surface area (Å²) in [6, 6.07) is 0. The summed E-state index contributed by atoms with van der Waals surface area (Å²) in [6.45, 7) is 4.97. The normalized spacial score (nSPS) is 43.3. The van der Waals surface area contributed by atoms with Gasteiger partial charge in [0.2, 0.25) is 5.88 Å². The van der Waals surface area contributed by atoms with E-state index in [9.17, 15) is 5.11 Å². The first-order chi connectivity index (χ1) is 13.0. The third kappa shape index (κ3) is 2.41. The SMILES string of the molecule is COc1cn(C2=CCC3C4CC=C5C[C@@H](O)CC[C@]5(C)C4CC[C@]23C)cn1. The molecule has 2 fully saturated rings. The number of allylic oxidation sites excluding steroid dienone is 3. The Hall–Kier alpha value is -1.55. The number of hydrogen-bond acceptors (Lipinski definition) is 3. The minimum atomic E-state index is -0.120. The van der Waals surface area contributed by atoms with Gasteiger partial charge in [0.1, 0.15) is 6.33 Å². The summed E-state index contributed by atoms with van der Waals surface area (Å²) in [5.41, 5.74) is 3.50. The van der Waals surface area contributed by atoms with E-state index in [4.69, 9.17) is 4.74 Å². The molecule has 1 N–H and O–H groups in total. The maximum absolute atomic E-state index is 10.2. The first kappa shape index (κ1) is 17.5. The van der Waals surface area contributed by atoms with Crippen LogP contribution < -0.4 is 4.74 Å². The van der Waals surface area contributed by atoms with E-state index >= 15 is 0 Å². The average molecular weight is 369 g/mol. The third-order valence-corrected chi connectivity index (χ3v) is 8.66. The maximum Gasteiger partial charge on any atom is 0.231 e. The highest BCUT2D eigenvalue weighted by Gasteiger charge is 2.57. The Kier molecular flexibility index (Phi) is 3.88. The predicted molar refractivity (Wildman–Crippen MR) is 106 cm³/mol. The second kappa shape index (κ2) is 5.97. The Bertz CT molecular complexity index is 809. The molecule has 1 aromatic rings. The summed E-state index contributed by atoms with van der Waals surface area (Å²) in [6.07, 6.45) is 16.7. The van der Waals surface area contributed by atoms with Gasteiger partial charge in [-0.1, -0.05) is 31.6 Å². The van der Waals surface area contributed by atoms with E-state index in [1.807, 2.05) is 12.5 Å². The van der Waals surface area contributed by atoms with Crippen molar-refractivity contribution in [1.82, 2.24) is 9.55 Å². The Morgan fingerprint density at radius 3 is 2.70 bits per heavy atom. The number of aliphatic hydroxyl groups excluding tert-OH is 1. The second-order valence-electron chi connectivity index (χ2n) is 9.76. The van der Waals surface area contributed by atoms with Gasteiger partial charge in [0.15, 0.2) is 0 Å². The summed E-state index contributed by atoms with van der Waals surface area (Å²) in [7, 11) is 1.68. The first-order valence-electron chi connectivity index (χ1n) is 10.6. The van der Waals surface area contributed by atoms with Crippen LogP contribution in [0.3, 0.4) is 0 Å². The van der Waals surface area contributed by atoms with E-state index in [2.05, 4.69) is 35.6 Å². The molecule has 3 unspecified atom stereocenters. The zero-order valence-corrected chi connectivity index (χ0v) is 16.8. The van der Waals surface area contributed by atoms with Gasteiger partial charge in [0, 0.05) is 11.1 Å². The Morgan fingerprint density at radius 2 is 1.93 bits per heavy atom. The van der Waals surface area contributed by atoms with Crippen LogP contribution in [0, 0.1) is 28.6 Å². The Balaban J connectivity index is 1.45. The number of imidazole rings is 1. The number of methoxy groups -OCH3 is 1. The van der Waals surface area contributed by atoms with Gasteiger partial charge >= 0.3 is 0 Å². The second-order valence-corrected chi connectivity index (χ2v) is 9.76. The van der Waals surface area contributed by atoms with Gasteiger partial charge in [-0.2, -0.15) is 0 Å². The lowest BCUT2D eigenvalue weighted by Crippen LogP contribution is -2.50. The Morgan fingerprint density at radius 1 is 1.11 bits per heavy atom. The van der Waals surface area contributed by atoms with Crippen LogP contribution in [0.25, 0.3) is 5.70 Å². The molecule has 4 heteroatoms. The Labute approximate surface area is 162 Å². The minimum absolute atomic E-state index is 0.120. The molecule has 0 amide bonds. The number of aromatic nitrogens is 2. The van der Waals surface area contributed by atoms with Crippen molar-refractivity contribution >= 4 is 5.70 Å². The highest BCUT2D eigenvalue weighted by atomic mass is 16.5. The molecule has 5 rings (SSSR count). The molecular formula is C23H32N2O2. The largest absolute Gasteiger partial charge is 0.480 e. The van der Waals surface area contributed by atoms with Gasteiger partial charge in [0.05, 0.1) is 19.4 Å². The number of fused-ring (bicyclic) bond motifs is 5. The number of hydrogen-bond donors (Lipinski definition) is 1. The summed E-state index contributed by atoms with van der Waals surface area (Å²) < 4.78 is 7.50. The molecule has 2 saturated carbocycles. The van der Waals surface area contributed by atoms with Crippen LogP contribution in [0.1, 0.15) is 58.8 Å². The van der Waals surface area contributed by atoms with E-state index in [1.165, 1.54) is 31.4 Å². The number of aliphatic hydroxyl groups is 1. The van der Waals surface area contributed by atoms with Crippen LogP contribution in [-0.4, -0.2) is 27.9 Å². The lowest BCUT2D eigenvalue weighted by Gasteiger charge is -2.57. The highest BCUT2D eigenvalue weighted by molar-refractivity contribution is 5.57. The molecule has 27 heavy (non-hydrogen) atoms. The first-order valence-corrected chi connectivity index (χ1v) is 10.6. The molecule has 1 heterocycles. The van der Waals surface area contributed by atoms with Gasteiger partial charge in [-0.05, 0) is 68.1 Å². The van der Waals surface area contributed by atoms with Gasteiger partial charge in [-0.25, -0.2) is 4.98 Å². The van der Waals surface area contributed by atoms with E-state index in [1.54, 1.807) is 12.7 Å². The van der Waals surface area contributed by atoms with Gasteiger partial charge < -0.3 is 14.4 Å². The smallest absolute Gasteiger partial charge is 0.231 e. The van der Waals surface area contributed by atoms with Crippen molar-refractivity contribution < 1.29 is 9.84 Å². The number of nitrogens with zero attached hydrogens (tertiary/aromatic N) is 2. The van der Waals surface area contributed by atoms with Crippen LogP contribution >= 0.6 is 0 Å². The number of rotatable bonds is 2. The van der Waals surface area contributed by atoms with E-state index in [-0.39, 0.29) is 11.5 Å². The molecule has 6 atom stereocenters. The topological polar surface area (TPSA) is 47.3 Å². The lowest BCUT2D eigenvalue weighted by atomic mass is 9.48. The highest BCUT2D eigenvalue weighted by Crippen LogP contribution is 2.65. The monoisotopic (exact) mass is 368 g/mol. The summed E-state index contributed by atoms with van der Waals surface area (Å²) in [4.78, 5) is 4.37. The fourth-order valence-electron chi connectivity index (χ4n) is 7.13. The van der Waals surface area contributed by atoms with Crippen molar-refractivity contribution in [3.63, 3.8) is 0 Å². The zero-order valence-electron chi connectivity index (χ0n) is 16.8. The van der Waals surface area contributed by atoms with E-state index in [0.717, 1.165) is 31.1 Å². The molecule has 1 aromatic heterocycles. The molecule has 0 aliphatic heterocycles. The van der Waals surface area contributed by atoms with Crippen molar-refractivity contribution in [1.29, 1.82) is 0 Å². The predicted octanol–water partition coefficient (Wildman–Crippen LogP) is 4.67. The van der Waals surface area contributed by atoms with Crippen LogP contribution in [0.2, 0.25) is 0 Å². The molecular weight excluding hydrogens is 336 g/mol. The minimum Gasteiger partial charge on any atom is -0.480 e. The molecule has 4 aliphatic carbocycles. The average Bonchev–Trinajstić information content (AvgIpc) is 3.25.